The smallest absolute Gasteiger partial charge is 0.259 e. The molecule has 0 bridgehead atoms. The third-order valence-corrected chi connectivity index (χ3v) is 6.72. The molecule has 4 amide bonds. The van der Waals surface area contributed by atoms with Crippen molar-refractivity contribution in [2.45, 2.75) is 25.0 Å². The van der Waals surface area contributed by atoms with Gasteiger partial charge >= 0.3 is 0 Å². The van der Waals surface area contributed by atoms with Gasteiger partial charge in [0.15, 0.2) is 12.2 Å². The van der Waals surface area contributed by atoms with Crippen molar-refractivity contribution in [3.05, 3.63) is 59.7 Å². The summed E-state index contributed by atoms with van der Waals surface area (Å²) in [6.07, 6.45) is -1.31. The molecule has 2 saturated heterocycles. The van der Waals surface area contributed by atoms with Crippen LogP contribution in [0, 0.1) is 5.41 Å². The van der Waals surface area contributed by atoms with Gasteiger partial charge in [-0.25, -0.2) is 0 Å². The summed E-state index contributed by atoms with van der Waals surface area (Å²) < 4.78 is 5.46. The first-order chi connectivity index (χ1) is 18.7. The summed E-state index contributed by atoms with van der Waals surface area (Å²) in [6.45, 7) is 1.59. The number of hydrogen-bond acceptors (Lipinski definition) is 7. The van der Waals surface area contributed by atoms with E-state index in [1.54, 1.807) is 48.3 Å². The van der Waals surface area contributed by atoms with Gasteiger partial charge < -0.3 is 35.6 Å². The Kier molecular flexibility index (Phi) is 8.57. The lowest BCUT2D eigenvalue weighted by Crippen LogP contribution is -2.55. The number of morpholine rings is 1. The van der Waals surface area contributed by atoms with Crippen molar-refractivity contribution < 1.29 is 29.0 Å². The molecule has 0 aromatic heterocycles. The number of hydrogen-bond donors (Lipinski definition) is 4. The van der Waals surface area contributed by atoms with Crippen LogP contribution in [0.15, 0.2) is 48.5 Å². The number of likely N-dealkylation sites (tertiary alicyclic amines) is 1. The Labute approximate surface area is 225 Å². The molecule has 12 nitrogen and oxygen atoms in total. The highest BCUT2D eigenvalue weighted by atomic mass is 16.5. The number of ether oxygens (including phenoxy) is 1. The van der Waals surface area contributed by atoms with Gasteiger partial charge in [-0.3, -0.25) is 24.6 Å². The van der Waals surface area contributed by atoms with Crippen LogP contribution in [-0.4, -0.2) is 96.4 Å². The first-order valence-corrected chi connectivity index (χ1v) is 12.7. The number of amides is 4. The SMILES string of the molecule is CN(CC(=O)N1CCCC1)C(=O)c1cccc(N2CCOC(C(O)C(=O)Nc3ccc(C(=N)N)cc3)C2=O)c1. The molecule has 2 heterocycles. The number of nitrogen functional groups attached to an aromatic ring is 1. The van der Waals surface area contributed by atoms with Gasteiger partial charge in [-0.2, -0.15) is 0 Å². The summed E-state index contributed by atoms with van der Waals surface area (Å²) in [7, 11) is 1.56. The molecule has 5 N–H and O–H groups in total. The average Bonchev–Trinajstić information content (AvgIpc) is 3.48. The zero-order chi connectivity index (χ0) is 28.1. The van der Waals surface area contributed by atoms with Crippen LogP contribution in [0.4, 0.5) is 11.4 Å². The number of aliphatic hydroxyl groups is 1. The molecule has 39 heavy (non-hydrogen) atoms. The standard InChI is InChI=1S/C27H32N6O6/c1-31(16-21(34)32-11-2-3-12-32)26(37)18-5-4-6-20(15-18)33-13-14-39-23(27(33)38)22(35)25(36)30-19-9-7-17(8-10-19)24(28)29/h4-10,15,22-23,35H,2-3,11-14,16H2,1H3,(H3,28,29)(H,30,36). The van der Waals surface area contributed by atoms with Gasteiger partial charge in [-0.1, -0.05) is 6.07 Å². The summed E-state index contributed by atoms with van der Waals surface area (Å²) in [5.74, 6) is -2.05. The van der Waals surface area contributed by atoms with Crippen molar-refractivity contribution in [2.24, 2.45) is 5.73 Å². The quantitative estimate of drug-likeness (QED) is 0.279. The van der Waals surface area contributed by atoms with Crippen LogP contribution < -0.4 is 16.0 Å². The average molecular weight is 537 g/mol. The molecule has 0 aliphatic carbocycles. The number of nitrogens with two attached hydrogens (primary N) is 1. The molecular weight excluding hydrogens is 504 g/mol. The minimum absolute atomic E-state index is 0.0413. The summed E-state index contributed by atoms with van der Waals surface area (Å²) in [6, 6.07) is 12.6. The first kappa shape index (κ1) is 27.7. The fraction of sp³-hybridized carbons (Fsp3) is 0.370. The summed E-state index contributed by atoms with van der Waals surface area (Å²) >= 11 is 0. The van der Waals surface area contributed by atoms with Gasteiger partial charge in [-0.15, -0.1) is 0 Å². The number of benzene rings is 2. The monoisotopic (exact) mass is 536 g/mol. The minimum Gasteiger partial charge on any atom is -0.384 e. The van der Waals surface area contributed by atoms with Crippen molar-refractivity contribution in [3.8, 4) is 0 Å². The van der Waals surface area contributed by atoms with Crippen molar-refractivity contribution in [1.29, 1.82) is 5.41 Å². The molecule has 4 rings (SSSR count). The van der Waals surface area contributed by atoms with Crippen LogP contribution in [0.2, 0.25) is 0 Å². The second-order valence-corrected chi connectivity index (χ2v) is 9.51. The maximum absolute atomic E-state index is 13.2. The number of amidine groups is 1. The predicted octanol–water partition coefficient (Wildman–Crippen LogP) is 0.396. The lowest BCUT2D eigenvalue weighted by atomic mass is 10.1. The lowest BCUT2D eigenvalue weighted by molar-refractivity contribution is -0.150. The van der Waals surface area contributed by atoms with E-state index in [1.165, 1.54) is 21.9 Å². The first-order valence-electron chi connectivity index (χ1n) is 12.7. The lowest BCUT2D eigenvalue weighted by Gasteiger charge is -2.34. The molecule has 2 aliphatic rings. The number of aliphatic hydroxyl groups excluding tert-OH is 1. The number of nitrogens with zero attached hydrogens (tertiary/aromatic N) is 3. The Morgan fingerprint density at radius 2 is 1.82 bits per heavy atom. The van der Waals surface area contributed by atoms with Gasteiger partial charge in [0.1, 0.15) is 5.84 Å². The molecular formula is C27H32N6O6. The summed E-state index contributed by atoms with van der Waals surface area (Å²) in [5.41, 5.74) is 6.96. The normalized spacial score (nSPS) is 18.0. The Morgan fingerprint density at radius 3 is 2.49 bits per heavy atom. The van der Waals surface area contributed by atoms with E-state index in [2.05, 4.69) is 5.32 Å². The van der Waals surface area contributed by atoms with E-state index >= 15 is 0 Å². The van der Waals surface area contributed by atoms with Crippen LogP contribution in [0.5, 0.6) is 0 Å². The van der Waals surface area contributed by atoms with Gasteiger partial charge in [0.05, 0.1) is 13.2 Å². The van der Waals surface area contributed by atoms with Crippen LogP contribution in [0.1, 0.15) is 28.8 Å². The number of likely N-dealkylation sites (N-methyl/N-ethyl adjacent to an activating group) is 1. The van der Waals surface area contributed by atoms with E-state index < -0.39 is 24.0 Å². The van der Waals surface area contributed by atoms with Gasteiger partial charge in [0.2, 0.25) is 5.91 Å². The highest BCUT2D eigenvalue weighted by Crippen LogP contribution is 2.23. The van der Waals surface area contributed by atoms with E-state index in [1.807, 2.05) is 0 Å². The van der Waals surface area contributed by atoms with E-state index in [4.69, 9.17) is 15.9 Å². The summed E-state index contributed by atoms with van der Waals surface area (Å²) in [5, 5.41) is 20.6. The van der Waals surface area contributed by atoms with Crippen LogP contribution in [-0.2, 0) is 19.1 Å². The van der Waals surface area contributed by atoms with Crippen LogP contribution >= 0.6 is 0 Å². The van der Waals surface area contributed by atoms with Crippen molar-refractivity contribution in [3.63, 3.8) is 0 Å². The Bertz CT molecular complexity index is 1260. The maximum Gasteiger partial charge on any atom is 0.259 e. The Hall–Kier alpha value is -4.29. The number of carbonyl (C=O) groups is 4. The fourth-order valence-corrected chi connectivity index (χ4v) is 4.54. The van der Waals surface area contributed by atoms with Crippen LogP contribution in [0.3, 0.4) is 0 Å². The zero-order valence-electron chi connectivity index (χ0n) is 21.6. The number of rotatable bonds is 8. The summed E-state index contributed by atoms with van der Waals surface area (Å²) in [4.78, 5) is 55.8. The second-order valence-electron chi connectivity index (χ2n) is 9.51. The molecule has 2 fully saturated rings. The van der Waals surface area contributed by atoms with E-state index in [0.717, 1.165) is 12.8 Å². The second kappa shape index (κ2) is 12.0. The number of nitrogens with one attached hydrogen (secondary N) is 2. The highest BCUT2D eigenvalue weighted by Gasteiger charge is 2.39. The van der Waals surface area contributed by atoms with E-state index in [0.29, 0.717) is 35.6 Å². The minimum atomic E-state index is -1.79. The molecule has 2 unspecified atom stereocenters. The highest BCUT2D eigenvalue weighted by molar-refractivity contribution is 6.05. The molecule has 0 radical (unpaired) electrons. The molecule has 206 valence electrons. The molecule has 2 atom stereocenters. The largest absolute Gasteiger partial charge is 0.384 e. The fourth-order valence-electron chi connectivity index (χ4n) is 4.54. The Morgan fingerprint density at radius 1 is 1.13 bits per heavy atom. The van der Waals surface area contributed by atoms with Crippen LogP contribution in [0.25, 0.3) is 0 Å². The molecule has 2 aromatic carbocycles. The van der Waals surface area contributed by atoms with Crippen molar-refractivity contribution in [2.75, 3.05) is 50.1 Å². The molecule has 0 spiro atoms. The molecule has 2 aromatic rings. The van der Waals surface area contributed by atoms with Gasteiger partial charge in [0.25, 0.3) is 17.7 Å². The Balaban J connectivity index is 1.41. The molecule has 0 saturated carbocycles. The number of carbonyl (C=O) groups excluding carboxylic acids is 4. The van der Waals surface area contributed by atoms with Gasteiger partial charge in [0, 0.05) is 49.2 Å². The van der Waals surface area contributed by atoms with E-state index in [-0.39, 0.29) is 37.3 Å². The third kappa shape index (κ3) is 6.41. The third-order valence-electron chi connectivity index (χ3n) is 6.72. The van der Waals surface area contributed by atoms with E-state index in [9.17, 15) is 24.3 Å². The zero-order valence-corrected chi connectivity index (χ0v) is 21.6. The predicted molar refractivity (Wildman–Crippen MR) is 143 cm³/mol. The molecule has 2 aliphatic heterocycles. The maximum atomic E-state index is 13.2. The van der Waals surface area contributed by atoms with Crippen molar-refractivity contribution >= 4 is 40.8 Å². The topological polar surface area (TPSA) is 169 Å². The van der Waals surface area contributed by atoms with Crippen molar-refractivity contribution in [1.82, 2.24) is 9.80 Å². The molecule has 12 heteroatoms. The van der Waals surface area contributed by atoms with Gasteiger partial charge in [-0.05, 0) is 55.3 Å². The number of anilines is 2.